The van der Waals surface area contributed by atoms with Crippen LogP contribution in [0.5, 0.6) is 0 Å². The number of aromatic carboxylic acids is 1. The summed E-state index contributed by atoms with van der Waals surface area (Å²) in [5.41, 5.74) is 1.54. The zero-order chi connectivity index (χ0) is 10.1. The number of aromatic amines is 1. The number of rotatable bonds is 2. The lowest BCUT2D eigenvalue weighted by Gasteiger charge is -2.00. The fourth-order valence-electron chi connectivity index (χ4n) is 1.35. The van der Waals surface area contributed by atoms with Gasteiger partial charge in [0.1, 0.15) is 5.52 Å². The fourth-order valence-corrected chi connectivity index (χ4v) is 1.91. The van der Waals surface area contributed by atoms with Gasteiger partial charge in [-0.05, 0) is 18.4 Å². The molecule has 1 heterocycles. The van der Waals surface area contributed by atoms with E-state index in [2.05, 4.69) is 9.97 Å². The first-order valence-corrected chi connectivity index (χ1v) is 5.20. The Balaban J connectivity index is 2.78. The van der Waals surface area contributed by atoms with Crippen molar-refractivity contribution >= 4 is 28.8 Å². The Hall–Kier alpha value is -1.49. The number of carbonyl (C=O) groups is 1. The van der Waals surface area contributed by atoms with Gasteiger partial charge in [-0.15, -0.1) is 11.8 Å². The van der Waals surface area contributed by atoms with Gasteiger partial charge in [-0.2, -0.15) is 0 Å². The summed E-state index contributed by atoms with van der Waals surface area (Å²) in [6.45, 7) is 0. The molecule has 0 atom stereocenters. The first-order chi connectivity index (χ1) is 6.74. The van der Waals surface area contributed by atoms with Gasteiger partial charge in [-0.3, -0.25) is 0 Å². The number of thioether (sulfide) groups is 1. The summed E-state index contributed by atoms with van der Waals surface area (Å²) in [7, 11) is 0. The van der Waals surface area contributed by atoms with Gasteiger partial charge in [0, 0.05) is 4.90 Å². The van der Waals surface area contributed by atoms with Gasteiger partial charge in [-0.25, -0.2) is 9.78 Å². The Morgan fingerprint density at radius 1 is 1.57 bits per heavy atom. The monoisotopic (exact) mass is 208 g/mol. The Labute approximate surface area is 84.4 Å². The van der Waals surface area contributed by atoms with Crippen LogP contribution in [0.15, 0.2) is 23.4 Å². The Kier molecular flexibility index (Phi) is 2.17. The number of carboxylic acid groups (broad SMARTS) is 1. The van der Waals surface area contributed by atoms with E-state index in [0.717, 1.165) is 10.4 Å². The van der Waals surface area contributed by atoms with Crippen LogP contribution in [-0.2, 0) is 0 Å². The summed E-state index contributed by atoms with van der Waals surface area (Å²) in [4.78, 5) is 18.8. The molecule has 0 spiro atoms. The van der Waals surface area contributed by atoms with Crippen LogP contribution in [0.4, 0.5) is 0 Å². The van der Waals surface area contributed by atoms with Gasteiger partial charge >= 0.3 is 5.97 Å². The molecule has 0 aliphatic heterocycles. The summed E-state index contributed by atoms with van der Waals surface area (Å²) in [6.07, 6.45) is 3.45. The third-order valence-corrected chi connectivity index (χ3v) is 2.77. The lowest BCUT2D eigenvalue weighted by Crippen LogP contribution is -1.97. The van der Waals surface area contributed by atoms with Crippen molar-refractivity contribution in [3.05, 3.63) is 24.0 Å². The highest BCUT2D eigenvalue weighted by atomic mass is 32.2. The van der Waals surface area contributed by atoms with Gasteiger partial charge in [0.05, 0.1) is 17.4 Å². The summed E-state index contributed by atoms with van der Waals surface area (Å²) < 4.78 is 0. The number of nitrogens with zero attached hydrogens (tertiary/aromatic N) is 1. The molecule has 0 amide bonds. The van der Waals surface area contributed by atoms with Crippen LogP contribution in [0.1, 0.15) is 10.4 Å². The van der Waals surface area contributed by atoms with Crippen LogP contribution in [0.3, 0.4) is 0 Å². The number of fused-ring (bicyclic) bond motifs is 1. The van der Waals surface area contributed by atoms with E-state index in [-0.39, 0.29) is 5.56 Å². The predicted molar refractivity (Wildman–Crippen MR) is 54.8 cm³/mol. The van der Waals surface area contributed by atoms with Crippen molar-refractivity contribution in [1.29, 1.82) is 0 Å². The van der Waals surface area contributed by atoms with Crippen LogP contribution in [0.25, 0.3) is 11.0 Å². The molecule has 4 nitrogen and oxygen atoms in total. The first kappa shape index (κ1) is 9.08. The average molecular weight is 208 g/mol. The number of aromatic nitrogens is 2. The maximum absolute atomic E-state index is 10.9. The molecule has 0 fully saturated rings. The van der Waals surface area contributed by atoms with Crippen molar-refractivity contribution < 1.29 is 9.90 Å². The molecule has 1 aromatic heterocycles. The number of carboxylic acids is 1. The highest BCUT2D eigenvalue weighted by Gasteiger charge is 2.12. The van der Waals surface area contributed by atoms with E-state index >= 15 is 0 Å². The molecular formula is C9H8N2O2S. The maximum atomic E-state index is 10.9. The standard InChI is InChI=1S/C9H8N2O2S/c1-14-6-3-2-5(9(12)13)7-8(6)11-4-10-7/h2-4H,1H3,(H,10,11)(H,12,13). The second-order valence-electron chi connectivity index (χ2n) is 2.75. The predicted octanol–water partition coefficient (Wildman–Crippen LogP) is 1.98. The molecule has 2 aromatic rings. The quantitative estimate of drug-likeness (QED) is 0.740. The molecule has 0 saturated heterocycles. The third kappa shape index (κ3) is 1.26. The third-order valence-electron chi connectivity index (χ3n) is 1.99. The number of imidazole rings is 1. The highest BCUT2D eigenvalue weighted by Crippen LogP contribution is 2.26. The normalized spacial score (nSPS) is 10.6. The minimum atomic E-state index is -0.949. The molecule has 0 radical (unpaired) electrons. The molecule has 1 aromatic carbocycles. The van der Waals surface area contributed by atoms with Crippen LogP contribution >= 0.6 is 11.8 Å². The van der Waals surface area contributed by atoms with Gasteiger partial charge in [-0.1, -0.05) is 0 Å². The summed E-state index contributed by atoms with van der Waals surface area (Å²) in [5, 5.41) is 8.90. The Bertz CT molecular complexity index is 493. The minimum absolute atomic E-state index is 0.235. The molecular weight excluding hydrogens is 200 g/mol. The summed E-state index contributed by atoms with van der Waals surface area (Å²) >= 11 is 1.56. The zero-order valence-corrected chi connectivity index (χ0v) is 8.26. The molecule has 14 heavy (non-hydrogen) atoms. The van der Waals surface area contributed by atoms with Crippen LogP contribution in [0, 0.1) is 0 Å². The summed E-state index contributed by atoms with van der Waals surface area (Å²) in [6, 6.07) is 3.37. The van der Waals surface area contributed by atoms with Crippen molar-refractivity contribution in [2.24, 2.45) is 0 Å². The topological polar surface area (TPSA) is 66.0 Å². The first-order valence-electron chi connectivity index (χ1n) is 3.97. The average Bonchev–Trinajstić information content (AvgIpc) is 2.64. The van der Waals surface area contributed by atoms with E-state index in [1.807, 2.05) is 6.26 Å². The lowest BCUT2D eigenvalue weighted by molar-refractivity contribution is 0.0699. The smallest absolute Gasteiger partial charge is 0.337 e. The van der Waals surface area contributed by atoms with Gasteiger partial charge in [0.2, 0.25) is 0 Å². The van der Waals surface area contributed by atoms with Crippen LogP contribution in [-0.4, -0.2) is 27.3 Å². The molecule has 5 heteroatoms. The highest BCUT2D eigenvalue weighted by molar-refractivity contribution is 7.98. The van der Waals surface area contributed by atoms with E-state index in [4.69, 9.17) is 5.11 Å². The zero-order valence-electron chi connectivity index (χ0n) is 7.44. The second kappa shape index (κ2) is 3.34. The number of benzene rings is 1. The Morgan fingerprint density at radius 3 is 3.00 bits per heavy atom. The summed E-state index contributed by atoms with van der Waals surface area (Å²) in [5.74, 6) is -0.949. The van der Waals surface area contributed by atoms with E-state index in [9.17, 15) is 4.79 Å². The minimum Gasteiger partial charge on any atom is -0.478 e. The van der Waals surface area contributed by atoms with Crippen LogP contribution < -0.4 is 0 Å². The van der Waals surface area contributed by atoms with Crippen molar-refractivity contribution in [2.75, 3.05) is 6.26 Å². The van der Waals surface area contributed by atoms with Crippen molar-refractivity contribution in [1.82, 2.24) is 9.97 Å². The molecule has 72 valence electrons. The Morgan fingerprint density at radius 2 is 2.36 bits per heavy atom. The van der Waals surface area contributed by atoms with E-state index < -0.39 is 5.97 Å². The molecule has 0 saturated carbocycles. The second-order valence-corrected chi connectivity index (χ2v) is 3.59. The molecule has 0 bridgehead atoms. The molecule has 0 aliphatic carbocycles. The maximum Gasteiger partial charge on any atom is 0.337 e. The van der Waals surface area contributed by atoms with Crippen LogP contribution in [0.2, 0.25) is 0 Å². The van der Waals surface area contributed by atoms with Crippen molar-refractivity contribution in [3.8, 4) is 0 Å². The number of hydrogen-bond acceptors (Lipinski definition) is 3. The lowest BCUT2D eigenvalue weighted by atomic mass is 10.2. The van der Waals surface area contributed by atoms with Gasteiger partial charge in [0.15, 0.2) is 0 Å². The molecule has 2 N–H and O–H groups in total. The molecule has 2 rings (SSSR count). The van der Waals surface area contributed by atoms with Gasteiger partial charge in [0.25, 0.3) is 0 Å². The molecule has 0 unspecified atom stereocenters. The molecule has 0 aliphatic rings. The fraction of sp³-hybridized carbons (Fsp3) is 0.111. The van der Waals surface area contributed by atoms with E-state index in [1.165, 1.54) is 6.33 Å². The number of nitrogens with one attached hydrogen (secondary N) is 1. The van der Waals surface area contributed by atoms with Gasteiger partial charge < -0.3 is 10.1 Å². The largest absolute Gasteiger partial charge is 0.478 e. The van der Waals surface area contributed by atoms with Crippen molar-refractivity contribution in [2.45, 2.75) is 4.90 Å². The van der Waals surface area contributed by atoms with E-state index in [0.29, 0.717) is 5.52 Å². The van der Waals surface area contributed by atoms with Crippen molar-refractivity contribution in [3.63, 3.8) is 0 Å². The number of H-pyrrole nitrogens is 1. The number of hydrogen-bond donors (Lipinski definition) is 2. The van der Waals surface area contributed by atoms with E-state index in [1.54, 1.807) is 23.9 Å². The SMILES string of the molecule is CSc1ccc(C(=O)O)c2nc[nH]c12.